The Labute approximate surface area is 189 Å². The fourth-order valence-corrected chi connectivity index (χ4v) is 4.87. The van der Waals surface area contributed by atoms with Crippen LogP contribution in [0.25, 0.3) is 32.7 Å². The van der Waals surface area contributed by atoms with E-state index < -0.39 is 0 Å². The van der Waals surface area contributed by atoms with Crippen LogP contribution >= 0.6 is 0 Å². The van der Waals surface area contributed by atoms with Crippen molar-refractivity contribution in [1.29, 1.82) is 0 Å². The predicted octanol–water partition coefficient (Wildman–Crippen LogP) is 8.46. The smallest absolute Gasteiger partial charge is 0.0108 e. The third kappa shape index (κ3) is 3.35. The van der Waals surface area contributed by atoms with Gasteiger partial charge in [0.1, 0.15) is 0 Å². The van der Waals surface area contributed by atoms with Gasteiger partial charge in [-0.2, -0.15) is 0 Å². The van der Waals surface area contributed by atoms with E-state index in [9.17, 15) is 0 Å². The van der Waals surface area contributed by atoms with E-state index in [0.717, 1.165) is 0 Å². The quantitative estimate of drug-likeness (QED) is 0.281. The van der Waals surface area contributed by atoms with Gasteiger partial charge < -0.3 is 0 Å². The van der Waals surface area contributed by atoms with Gasteiger partial charge in [0.05, 0.1) is 0 Å². The number of rotatable bonds is 3. The topological polar surface area (TPSA) is 0 Å². The van der Waals surface area contributed by atoms with Crippen molar-refractivity contribution in [3.8, 4) is 0 Å². The van der Waals surface area contributed by atoms with E-state index in [1.54, 1.807) is 0 Å². The van der Waals surface area contributed by atoms with Crippen LogP contribution in [0.3, 0.4) is 0 Å². The highest BCUT2D eigenvalue weighted by Gasteiger charge is 2.22. The molecule has 1 atom stereocenters. The maximum Gasteiger partial charge on any atom is 0.0108 e. The zero-order chi connectivity index (χ0) is 21.3. The Hall–Kier alpha value is -3.90. The summed E-state index contributed by atoms with van der Waals surface area (Å²) >= 11 is 0. The summed E-state index contributed by atoms with van der Waals surface area (Å²) in [5.41, 5.74) is 6.44. The normalized spacial score (nSPS) is 16.1. The molecule has 1 unspecified atom stereocenters. The van der Waals surface area contributed by atoms with Gasteiger partial charge in [0.25, 0.3) is 0 Å². The average Bonchev–Trinajstić information content (AvgIpc) is 2.88. The molecule has 5 aromatic rings. The first-order chi connectivity index (χ1) is 15.9. The molecule has 151 valence electrons. The number of hydrogen-bond donors (Lipinski definition) is 0. The number of benzene rings is 5. The molecule has 0 heteroatoms. The molecule has 1 aliphatic rings. The maximum atomic E-state index is 2.43. The fraction of sp³-hybridized carbons (Fsp3) is 0.0312. The molecule has 0 saturated carbocycles. The molecule has 6 rings (SSSR count). The SMILES string of the molecule is [CH]1C(c2cccc3ccccc23)=CC(c2ccccc2)=CC1c1cccc2ccccc12. The summed E-state index contributed by atoms with van der Waals surface area (Å²) in [5, 5.41) is 5.17. The lowest BCUT2D eigenvalue weighted by Crippen LogP contribution is -2.05. The van der Waals surface area contributed by atoms with Crippen LogP contribution in [0.5, 0.6) is 0 Å². The number of fused-ring (bicyclic) bond motifs is 2. The van der Waals surface area contributed by atoms with Crippen LogP contribution < -0.4 is 0 Å². The average molecular weight is 408 g/mol. The van der Waals surface area contributed by atoms with E-state index in [1.165, 1.54) is 49.4 Å². The molecule has 1 aliphatic carbocycles. The molecule has 0 bridgehead atoms. The van der Waals surface area contributed by atoms with Crippen molar-refractivity contribution in [2.75, 3.05) is 0 Å². The van der Waals surface area contributed by atoms with Crippen molar-refractivity contribution < 1.29 is 0 Å². The van der Waals surface area contributed by atoms with Crippen molar-refractivity contribution in [1.82, 2.24) is 0 Å². The van der Waals surface area contributed by atoms with Crippen LogP contribution in [0, 0.1) is 6.42 Å². The predicted molar refractivity (Wildman–Crippen MR) is 137 cm³/mol. The van der Waals surface area contributed by atoms with Gasteiger partial charge in [-0.15, -0.1) is 0 Å². The second kappa shape index (κ2) is 7.98. The summed E-state index contributed by atoms with van der Waals surface area (Å²) in [6, 6.07) is 41.3. The van der Waals surface area contributed by atoms with E-state index in [1.807, 2.05) is 0 Å². The van der Waals surface area contributed by atoms with Crippen LogP contribution in [0.15, 0.2) is 127 Å². The maximum absolute atomic E-state index is 2.43. The molecule has 0 aromatic heterocycles. The molecule has 0 amide bonds. The first-order valence-electron chi connectivity index (χ1n) is 11.2. The minimum Gasteiger partial charge on any atom is -0.0685 e. The van der Waals surface area contributed by atoms with Gasteiger partial charge in [-0.05, 0) is 49.4 Å². The van der Waals surface area contributed by atoms with Gasteiger partial charge in [0.15, 0.2) is 0 Å². The highest BCUT2D eigenvalue weighted by molar-refractivity contribution is 6.00. The minimum atomic E-state index is 0.204. The molecule has 0 heterocycles. The van der Waals surface area contributed by atoms with Gasteiger partial charge in [-0.1, -0.05) is 127 Å². The van der Waals surface area contributed by atoms with E-state index in [0.29, 0.717) is 0 Å². The number of hydrogen-bond acceptors (Lipinski definition) is 0. The Balaban J connectivity index is 1.55. The Morgan fingerprint density at radius 2 is 1.09 bits per heavy atom. The molecular formula is C32H23. The fourth-order valence-electron chi connectivity index (χ4n) is 4.87. The lowest BCUT2D eigenvalue weighted by molar-refractivity contribution is 1.04. The molecule has 32 heavy (non-hydrogen) atoms. The molecule has 0 N–H and O–H groups in total. The molecule has 0 fully saturated rings. The van der Waals surface area contributed by atoms with E-state index >= 15 is 0 Å². The van der Waals surface area contributed by atoms with Gasteiger partial charge in [0.2, 0.25) is 0 Å². The van der Waals surface area contributed by atoms with Crippen LogP contribution in [0.4, 0.5) is 0 Å². The zero-order valence-corrected chi connectivity index (χ0v) is 17.8. The van der Waals surface area contributed by atoms with E-state index in [-0.39, 0.29) is 5.92 Å². The summed E-state index contributed by atoms with van der Waals surface area (Å²) in [4.78, 5) is 0. The summed E-state index contributed by atoms with van der Waals surface area (Å²) in [5.74, 6) is 0.204. The molecule has 1 radical (unpaired) electrons. The third-order valence-corrected chi connectivity index (χ3v) is 6.42. The van der Waals surface area contributed by atoms with Crippen molar-refractivity contribution in [3.63, 3.8) is 0 Å². The first kappa shape index (κ1) is 18.8. The standard InChI is InChI=1S/C32H23/c1-2-10-23(11-3-1)26-20-27(31-18-8-14-24-12-4-6-16-29(24)31)22-28(21-26)32-19-9-15-25-13-5-7-17-30(25)32/h1-22,27H. The minimum absolute atomic E-state index is 0.204. The van der Waals surface area contributed by atoms with Crippen LogP contribution in [-0.2, 0) is 0 Å². The molecular weight excluding hydrogens is 384 g/mol. The highest BCUT2D eigenvalue weighted by Crippen LogP contribution is 2.41. The van der Waals surface area contributed by atoms with E-state index in [2.05, 4.69) is 134 Å². The second-order valence-corrected chi connectivity index (χ2v) is 8.38. The van der Waals surface area contributed by atoms with Crippen LogP contribution in [-0.4, -0.2) is 0 Å². The van der Waals surface area contributed by atoms with Crippen molar-refractivity contribution in [2.45, 2.75) is 5.92 Å². The molecule has 0 saturated heterocycles. The Morgan fingerprint density at radius 1 is 0.469 bits per heavy atom. The Morgan fingerprint density at radius 3 is 1.91 bits per heavy atom. The lowest BCUT2D eigenvalue weighted by Gasteiger charge is -2.24. The van der Waals surface area contributed by atoms with Crippen LogP contribution in [0.1, 0.15) is 22.6 Å². The monoisotopic (exact) mass is 407 g/mol. The van der Waals surface area contributed by atoms with Gasteiger partial charge >= 0.3 is 0 Å². The number of allylic oxidation sites excluding steroid dienone is 4. The summed E-state index contributed by atoms with van der Waals surface area (Å²) < 4.78 is 0. The zero-order valence-electron chi connectivity index (χ0n) is 17.8. The van der Waals surface area contributed by atoms with Gasteiger partial charge in [-0.25, -0.2) is 0 Å². The summed E-state index contributed by atoms with van der Waals surface area (Å²) in [6.07, 6.45) is 7.18. The molecule has 0 spiro atoms. The van der Waals surface area contributed by atoms with Gasteiger partial charge in [0, 0.05) is 12.3 Å². The van der Waals surface area contributed by atoms with Crippen molar-refractivity contribution in [3.05, 3.63) is 151 Å². The summed E-state index contributed by atoms with van der Waals surface area (Å²) in [7, 11) is 0. The van der Waals surface area contributed by atoms with Crippen molar-refractivity contribution in [2.24, 2.45) is 0 Å². The first-order valence-corrected chi connectivity index (χ1v) is 11.2. The molecule has 5 aromatic carbocycles. The lowest BCUT2D eigenvalue weighted by atomic mass is 9.79. The molecule has 0 nitrogen and oxygen atoms in total. The Kier molecular flexibility index (Phi) is 4.70. The summed E-state index contributed by atoms with van der Waals surface area (Å²) in [6.45, 7) is 0. The second-order valence-electron chi connectivity index (χ2n) is 8.38. The highest BCUT2D eigenvalue weighted by atomic mass is 14.2. The largest absolute Gasteiger partial charge is 0.0685 e. The third-order valence-electron chi connectivity index (χ3n) is 6.42. The van der Waals surface area contributed by atoms with Gasteiger partial charge in [-0.3, -0.25) is 0 Å². The Bertz CT molecular complexity index is 1470. The van der Waals surface area contributed by atoms with Crippen molar-refractivity contribution >= 4 is 32.7 Å². The van der Waals surface area contributed by atoms with E-state index in [4.69, 9.17) is 0 Å². The molecule has 0 aliphatic heterocycles. The van der Waals surface area contributed by atoms with Crippen LogP contribution in [0.2, 0.25) is 0 Å².